The summed E-state index contributed by atoms with van der Waals surface area (Å²) in [6.07, 6.45) is 1.30. The maximum absolute atomic E-state index is 11.8. The average Bonchev–Trinajstić information content (AvgIpc) is 3.24. The molecule has 9 nitrogen and oxygen atoms in total. The number of carboxylic acid groups (broad SMARTS) is 1. The molecule has 0 aliphatic carbocycles. The second-order valence-electron chi connectivity index (χ2n) is 5.68. The number of rotatable bonds is 4. The van der Waals surface area contributed by atoms with Crippen LogP contribution < -0.4 is 5.73 Å². The molecule has 0 aliphatic rings. The van der Waals surface area contributed by atoms with Crippen LogP contribution in [0.1, 0.15) is 17.3 Å². The molecule has 136 valence electrons. The van der Waals surface area contributed by atoms with Crippen LogP contribution in [0.2, 0.25) is 5.02 Å². The largest absolute Gasteiger partial charge is 0.478 e. The summed E-state index contributed by atoms with van der Waals surface area (Å²) in [6.45, 7) is 2.28. The summed E-state index contributed by atoms with van der Waals surface area (Å²) in [6, 6.07) is 7.14. The van der Waals surface area contributed by atoms with Crippen LogP contribution in [-0.2, 0) is 6.54 Å². The lowest BCUT2D eigenvalue weighted by Crippen LogP contribution is -2.05. The van der Waals surface area contributed by atoms with E-state index in [9.17, 15) is 9.90 Å². The number of anilines is 1. The van der Waals surface area contributed by atoms with Gasteiger partial charge in [-0.1, -0.05) is 29.8 Å². The van der Waals surface area contributed by atoms with E-state index in [4.69, 9.17) is 17.3 Å². The van der Waals surface area contributed by atoms with Crippen LogP contribution in [-0.4, -0.2) is 35.9 Å². The molecule has 0 aliphatic heterocycles. The molecule has 0 unspecified atom stereocenters. The second-order valence-corrected chi connectivity index (χ2v) is 6.09. The van der Waals surface area contributed by atoms with Crippen LogP contribution in [0.15, 0.2) is 35.1 Å². The summed E-state index contributed by atoms with van der Waals surface area (Å²) in [5.74, 6) is -0.718. The molecule has 10 heteroatoms. The first-order chi connectivity index (χ1) is 13.0. The van der Waals surface area contributed by atoms with Gasteiger partial charge in [0.25, 0.3) is 0 Å². The smallest absolute Gasteiger partial charge is 0.339 e. The Labute approximate surface area is 157 Å². The van der Waals surface area contributed by atoms with E-state index in [1.165, 1.54) is 6.20 Å². The van der Waals surface area contributed by atoms with E-state index >= 15 is 0 Å². The number of hydrogen-bond donors (Lipinski definition) is 2. The number of halogens is 1. The SMILES string of the molecule is CCn1c(-c2nonc2N)nc2c(-c3ccccc3Cl)ncc(C(=O)O)c21. The summed E-state index contributed by atoms with van der Waals surface area (Å²) < 4.78 is 6.37. The molecule has 0 spiro atoms. The predicted molar refractivity (Wildman–Crippen MR) is 98.3 cm³/mol. The van der Waals surface area contributed by atoms with Crippen LogP contribution in [0, 0.1) is 0 Å². The lowest BCUT2D eigenvalue weighted by molar-refractivity contribution is 0.0698. The molecule has 4 rings (SSSR count). The van der Waals surface area contributed by atoms with Crippen LogP contribution >= 0.6 is 11.6 Å². The minimum Gasteiger partial charge on any atom is -0.478 e. The summed E-state index contributed by atoms with van der Waals surface area (Å²) in [5.41, 5.74) is 7.93. The standard InChI is InChI=1S/C17H13ClN6O3/c1-2-24-14-9(17(25)26)7-20-11(8-5-3-4-6-10(8)18)12(14)21-16(24)13-15(19)23-27-22-13/h3-7H,2H2,1H3,(H2,19,23)(H,25,26). The van der Waals surface area contributed by atoms with Gasteiger partial charge in [0, 0.05) is 18.3 Å². The molecule has 0 amide bonds. The zero-order chi connectivity index (χ0) is 19.1. The van der Waals surface area contributed by atoms with Crippen molar-refractivity contribution in [2.75, 3.05) is 5.73 Å². The summed E-state index contributed by atoms with van der Waals surface area (Å²) >= 11 is 6.32. The van der Waals surface area contributed by atoms with Crippen molar-refractivity contribution >= 4 is 34.4 Å². The number of carbonyl (C=O) groups is 1. The van der Waals surface area contributed by atoms with Crippen molar-refractivity contribution in [2.24, 2.45) is 0 Å². The zero-order valence-corrected chi connectivity index (χ0v) is 14.8. The maximum Gasteiger partial charge on any atom is 0.339 e. The number of imidazole rings is 1. The Morgan fingerprint density at radius 3 is 2.70 bits per heavy atom. The van der Waals surface area contributed by atoms with Gasteiger partial charge in [-0.05, 0) is 23.3 Å². The monoisotopic (exact) mass is 384 g/mol. The molecule has 0 saturated carbocycles. The molecule has 0 fully saturated rings. The molecule has 0 atom stereocenters. The van der Waals surface area contributed by atoms with Gasteiger partial charge < -0.3 is 15.4 Å². The molecule has 27 heavy (non-hydrogen) atoms. The molecule has 0 radical (unpaired) electrons. The van der Waals surface area contributed by atoms with Gasteiger partial charge in [-0.3, -0.25) is 4.98 Å². The van der Waals surface area contributed by atoms with Crippen molar-refractivity contribution in [1.29, 1.82) is 0 Å². The van der Waals surface area contributed by atoms with E-state index in [1.54, 1.807) is 22.8 Å². The Bertz CT molecular complexity index is 1180. The molecular weight excluding hydrogens is 372 g/mol. The van der Waals surface area contributed by atoms with Gasteiger partial charge in [-0.15, -0.1) is 0 Å². The first-order valence-electron chi connectivity index (χ1n) is 7.98. The van der Waals surface area contributed by atoms with E-state index in [0.29, 0.717) is 39.7 Å². The zero-order valence-electron chi connectivity index (χ0n) is 14.0. The number of benzene rings is 1. The van der Waals surface area contributed by atoms with E-state index in [-0.39, 0.29) is 17.1 Å². The number of nitrogens with zero attached hydrogens (tertiary/aromatic N) is 5. The number of nitrogens with two attached hydrogens (primary N) is 1. The van der Waals surface area contributed by atoms with Crippen molar-refractivity contribution in [3.63, 3.8) is 0 Å². The van der Waals surface area contributed by atoms with Crippen molar-refractivity contribution in [3.05, 3.63) is 41.0 Å². The summed E-state index contributed by atoms with van der Waals surface area (Å²) in [4.78, 5) is 20.7. The highest BCUT2D eigenvalue weighted by Gasteiger charge is 2.25. The fraction of sp³-hybridized carbons (Fsp3) is 0.118. The van der Waals surface area contributed by atoms with Crippen LogP contribution in [0.4, 0.5) is 5.82 Å². The Hall–Kier alpha value is -3.46. The van der Waals surface area contributed by atoms with Gasteiger partial charge in [-0.2, -0.15) is 0 Å². The third-order valence-electron chi connectivity index (χ3n) is 4.17. The minimum absolute atomic E-state index is 0.0106. The number of aromatic nitrogens is 5. The number of fused-ring (bicyclic) bond motifs is 1. The van der Waals surface area contributed by atoms with Gasteiger partial charge in [-0.25, -0.2) is 14.4 Å². The highest BCUT2D eigenvalue weighted by Crippen LogP contribution is 2.35. The molecule has 3 N–H and O–H groups in total. The van der Waals surface area contributed by atoms with E-state index in [0.717, 1.165) is 0 Å². The maximum atomic E-state index is 11.8. The number of pyridine rings is 1. The lowest BCUT2D eigenvalue weighted by atomic mass is 10.1. The van der Waals surface area contributed by atoms with E-state index in [2.05, 4.69) is 24.9 Å². The third kappa shape index (κ3) is 2.59. The highest BCUT2D eigenvalue weighted by atomic mass is 35.5. The number of aryl methyl sites for hydroxylation is 1. The van der Waals surface area contributed by atoms with Crippen molar-refractivity contribution in [3.8, 4) is 22.8 Å². The van der Waals surface area contributed by atoms with Crippen LogP contribution in [0.5, 0.6) is 0 Å². The van der Waals surface area contributed by atoms with Crippen molar-refractivity contribution < 1.29 is 14.5 Å². The number of aromatic carboxylic acids is 1. The first kappa shape index (κ1) is 17.0. The second kappa shape index (κ2) is 6.36. The Morgan fingerprint density at radius 1 is 1.30 bits per heavy atom. The number of carboxylic acids is 1. The third-order valence-corrected chi connectivity index (χ3v) is 4.50. The van der Waals surface area contributed by atoms with Gasteiger partial charge in [0.2, 0.25) is 0 Å². The van der Waals surface area contributed by atoms with E-state index in [1.807, 2.05) is 13.0 Å². The predicted octanol–water partition coefficient (Wildman–Crippen LogP) is 3.10. The minimum atomic E-state index is -1.12. The molecule has 3 aromatic heterocycles. The molecule has 0 bridgehead atoms. The molecule has 4 aromatic rings. The first-order valence-corrected chi connectivity index (χ1v) is 8.36. The fourth-order valence-corrected chi connectivity index (χ4v) is 3.21. The number of nitrogen functional groups attached to an aromatic ring is 1. The molecule has 1 aromatic carbocycles. The molecule has 0 saturated heterocycles. The van der Waals surface area contributed by atoms with Gasteiger partial charge >= 0.3 is 5.97 Å². The van der Waals surface area contributed by atoms with Gasteiger partial charge in [0.1, 0.15) is 11.1 Å². The van der Waals surface area contributed by atoms with Gasteiger partial charge in [0.15, 0.2) is 17.3 Å². The van der Waals surface area contributed by atoms with Crippen molar-refractivity contribution in [1.82, 2.24) is 24.8 Å². The van der Waals surface area contributed by atoms with Gasteiger partial charge in [0.05, 0.1) is 16.2 Å². The number of hydrogen-bond acceptors (Lipinski definition) is 7. The molecular formula is C17H13ClN6O3. The Kier molecular flexibility index (Phi) is 4.00. The van der Waals surface area contributed by atoms with E-state index < -0.39 is 5.97 Å². The normalized spacial score (nSPS) is 11.2. The quantitative estimate of drug-likeness (QED) is 0.548. The summed E-state index contributed by atoms with van der Waals surface area (Å²) in [7, 11) is 0. The van der Waals surface area contributed by atoms with Crippen molar-refractivity contribution in [2.45, 2.75) is 13.5 Å². The fourth-order valence-electron chi connectivity index (χ4n) is 2.99. The Balaban J connectivity index is 2.13. The van der Waals surface area contributed by atoms with Crippen LogP contribution in [0.3, 0.4) is 0 Å². The average molecular weight is 385 g/mol. The van der Waals surface area contributed by atoms with Crippen LogP contribution in [0.25, 0.3) is 33.8 Å². The lowest BCUT2D eigenvalue weighted by Gasteiger charge is -2.08. The topological polar surface area (TPSA) is 133 Å². The highest BCUT2D eigenvalue weighted by molar-refractivity contribution is 6.33. The molecule has 3 heterocycles. The summed E-state index contributed by atoms with van der Waals surface area (Å²) in [5, 5.41) is 17.5. The Morgan fingerprint density at radius 2 is 2.07 bits per heavy atom.